The van der Waals surface area contributed by atoms with Crippen LogP contribution in [0.25, 0.3) is 0 Å². The first kappa shape index (κ1) is 35.0. The summed E-state index contributed by atoms with van der Waals surface area (Å²) in [5.41, 5.74) is 2.28. The molecule has 9 unspecified atom stereocenters. The summed E-state index contributed by atoms with van der Waals surface area (Å²) in [7, 11) is 0. The minimum Gasteiger partial charge on any atom is -0.508 e. The van der Waals surface area contributed by atoms with E-state index in [0.29, 0.717) is 74.0 Å². The van der Waals surface area contributed by atoms with Crippen LogP contribution >= 0.6 is 0 Å². The molecular weight excluding hydrogens is 692 g/mol. The first-order valence-electron chi connectivity index (χ1n) is 20.1. The molecule has 6 bridgehead atoms. The number of benzene rings is 3. The molecule has 3 aromatic rings. The van der Waals surface area contributed by atoms with Crippen molar-refractivity contribution in [2.45, 2.75) is 75.4 Å². The number of halogens is 1. The van der Waals surface area contributed by atoms with Gasteiger partial charge in [-0.2, -0.15) is 0 Å². The van der Waals surface area contributed by atoms with E-state index in [-0.39, 0.29) is 29.5 Å². The Balaban J connectivity index is 1.01. The molecule has 4 saturated heterocycles. The number of likely N-dealkylation sites (tertiary alicyclic amines) is 1. The van der Waals surface area contributed by atoms with Gasteiger partial charge in [0.2, 0.25) is 0 Å². The summed E-state index contributed by atoms with van der Waals surface area (Å²) in [5, 5.41) is 21.7. The first-order valence-corrected chi connectivity index (χ1v) is 20.1. The zero-order valence-electron chi connectivity index (χ0n) is 31.3. The number of fused-ring (bicyclic) bond motifs is 2. The molecule has 10 rings (SSSR count). The lowest BCUT2D eigenvalue weighted by Crippen LogP contribution is -2.67. The number of hydrogen-bond acceptors (Lipinski definition) is 7. The predicted octanol–water partition coefficient (Wildman–Crippen LogP) is 7.17. The van der Waals surface area contributed by atoms with Gasteiger partial charge in [-0.1, -0.05) is 97.9 Å². The van der Waals surface area contributed by atoms with E-state index in [1.807, 2.05) is 55.5 Å². The van der Waals surface area contributed by atoms with Crippen molar-refractivity contribution in [2.75, 3.05) is 26.2 Å². The molecule has 7 nitrogen and oxygen atoms in total. The van der Waals surface area contributed by atoms with Crippen molar-refractivity contribution in [1.82, 2.24) is 9.80 Å². The highest BCUT2D eigenvalue weighted by molar-refractivity contribution is 5.80. The Labute approximate surface area is 322 Å². The van der Waals surface area contributed by atoms with Crippen LogP contribution < -0.4 is 0 Å². The SMILES string of the molecule is CC1CN(CC(Cc2ccccc2)(Cc2ccccc2)C(=O)OC2=C3CC4=C(C=C2)C2CC5C6C=CC(O)C(O3)C46CCN25)CCC1(F)c1cccc(O)c1. The van der Waals surface area contributed by atoms with Crippen LogP contribution in [0.5, 0.6) is 5.75 Å². The molecule has 7 aliphatic rings. The Morgan fingerprint density at radius 3 is 2.42 bits per heavy atom. The number of rotatable bonds is 9. The Hall–Kier alpha value is -4.50. The lowest BCUT2D eigenvalue weighted by atomic mass is 9.55. The maximum Gasteiger partial charge on any atom is 0.319 e. The smallest absolute Gasteiger partial charge is 0.319 e. The highest BCUT2D eigenvalue weighted by Gasteiger charge is 2.67. The van der Waals surface area contributed by atoms with E-state index in [1.165, 1.54) is 17.2 Å². The molecular formula is C47H49FN2O5. The van der Waals surface area contributed by atoms with Crippen LogP contribution in [0.1, 0.15) is 49.3 Å². The van der Waals surface area contributed by atoms with Crippen LogP contribution in [0, 0.1) is 22.7 Å². The molecule has 284 valence electrons. The van der Waals surface area contributed by atoms with Gasteiger partial charge in [0.15, 0.2) is 5.76 Å². The van der Waals surface area contributed by atoms with E-state index in [4.69, 9.17) is 9.47 Å². The van der Waals surface area contributed by atoms with Crippen molar-refractivity contribution in [1.29, 1.82) is 0 Å². The molecule has 9 atom stereocenters. The van der Waals surface area contributed by atoms with E-state index in [1.54, 1.807) is 18.2 Å². The topological polar surface area (TPSA) is 82.5 Å². The van der Waals surface area contributed by atoms with E-state index >= 15 is 9.18 Å². The second-order valence-corrected chi connectivity index (χ2v) is 17.3. The number of carbonyl (C=O) groups excluding carboxylic acids is 1. The van der Waals surface area contributed by atoms with Gasteiger partial charge in [0.25, 0.3) is 0 Å². The third kappa shape index (κ3) is 5.50. The van der Waals surface area contributed by atoms with Gasteiger partial charge in [-0.05, 0) is 78.1 Å². The van der Waals surface area contributed by atoms with Crippen molar-refractivity contribution in [3.63, 3.8) is 0 Å². The molecule has 2 aliphatic carbocycles. The molecule has 1 spiro atoms. The largest absolute Gasteiger partial charge is 0.508 e. The quantitative estimate of drug-likeness (QED) is 0.178. The number of aliphatic hydroxyl groups excluding tert-OH is 1. The van der Waals surface area contributed by atoms with Gasteiger partial charge in [0.05, 0.1) is 5.41 Å². The average Bonchev–Trinajstić information content (AvgIpc) is 3.48. The summed E-state index contributed by atoms with van der Waals surface area (Å²) < 4.78 is 30.4. The number of esters is 1. The van der Waals surface area contributed by atoms with Crippen LogP contribution in [0.15, 0.2) is 132 Å². The molecule has 55 heavy (non-hydrogen) atoms. The van der Waals surface area contributed by atoms with Crippen molar-refractivity contribution >= 4 is 5.97 Å². The Kier molecular flexibility index (Phi) is 8.29. The second-order valence-electron chi connectivity index (χ2n) is 17.3. The van der Waals surface area contributed by atoms with E-state index in [9.17, 15) is 10.2 Å². The van der Waals surface area contributed by atoms with Crippen LogP contribution in [0.4, 0.5) is 4.39 Å². The fourth-order valence-corrected chi connectivity index (χ4v) is 11.7. The maximum atomic E-state index is 16.8. The molecule has 0 aromatic heterocycles. The van der Waals surface area contributed by atoms with Crippen molar-refractivity contribution in [3.05, 3.63) is 149 Å². The molecule has 3 aromatic carbocycles. The molecule has 8 heteroatoms. The van der Waals surface area contributed by atoms with Gasteiger partial charge in [-0.25, -0.2) is 4.39 Å². The van der Waals surface area contributed by atoms with Gasteiger partial charge in [0.1, 0.15) is 29.4 Å². The Morgan fingerprint density at radius 2 is 1.71 bits per heavy atom. The van der Waals surface area contributed by atoms with Gasteiger partial charge >= 0.3 is 5.97 Å². The molecule has 5 heterocycles. The zero-order valence-corrected chi connectivity index (χ0v) is 31.3. The summed E-state index contributed by atoms with van der Waals surface area (Å²) in [6.07, 6.45) is 10.8. The molecule has 0 saturated carbocycles. The van der Waals surface area contributed by atoms with Crippen LogP contribution in [0.2, 0.25) is 0 Å². The van der Waals surface area contributed by atoms with E-state index in [2.05, 4.69) is 46.2 Å². The monoisotopic (exact) mass is 740 g/mol. The predicted molar refractivity (Wildman–Crippen MR) is 207 cm³/mol. The summed E-state index contributed by atoms with van der Waals surface area (Å²) in [6.45, 7) is 4.17. The minimum absolute atomic E-state index is 0.0551. The number of carbonyl (C=O) groups is 1. The highest BCUT2D eigenvalue weighted by Crippen LogP contribution is 2.65. The number of piperidine rings is 2. The van der Waals surface area contributed by atoms with Crippen LogP contribution in [-0.4, -0.2) is 76.5 Å². The van der Waals surface area contributed by atoms with Crippen molar-refractivity contribution in [3.8, 4) is 5.75 Å². The van der Waals surface area contributed by atoms with Crippen molar-refractivity contribution in [2.24, 2.45) is 22.7 Å². The summed E-state index contributed by atoms with van der Waals surface area (Å²) >= 11 is 0. The molecule has 4 fully saturated rings. The lowest BCUT2D eigenvalue weighted by Gasteiger charge is -2.61. The Bertz CT molecular complexity index is 2090. The highest BCUT2D eigenvalue weighted by atomic mass is 19.1. The number of ether oxygens (including phenoxy) is 2. The number of aromatic hydroxyl groups is 1. The second kappa shape index (κ2) is 13.0. The number of phenols is 1. The summed E-state index contributed by atoms with van der Waals surface area (Å²) in [6, 6.07) is 27.5. The lowest BCUT2D eigenvalue weighted by molar-refractivity contribution is -0.158. The molecule has 0 amide bonds. The van der Waals surface area contributed by atoms with Gasteiger partial charge in [0, 0.05) is 61.9 Å². The fourth-order valence-electron chi connectivity index (χ4n) is 11.7. The average molecular weight is 741 g/mol. The Morgan fingerprint density at radius 1 is 0.964 bits per heavy atom. The standard InChI is InChI=1S/C47H49FN2O5/c1-30-28-49(21-20-47(30,48)33-13-8-14-34(51)23-33)29-45(26-31-9-4-2-5-10-31,27-32-11-6-3-7-12-32)44(53)55-41-18-15-35-37-24-42(41)54-43-40(52)17-16-36-39-25-38(35)50(39)22-19-46(36,37)43/h2-18,23,30,36,38-40,43,51-52H,19-22,24-29H2,1H3. The summed E-state index contributed by atoms with van der Waals surface area (Å²) in [5.74, 6) is 0.647. The number of aliphatic hydroxyl groups is 1. The van der Waals surface area contributed by atoms with Crippen LogP contribution in [0.3, 0.4) is 0 Å². The number of alkyl halides is 1. The first-order chi connectivity index (χ1) is 26.7. The van der Waals surface area contributed by atoms with Gasteiger partial charge < -0.3 is 24.6 Å². The normalized spacial score (nSPS) is 34.4. The van der Waals surface area contributed by atoms with Crippen LogP contribution in [-0.2, 0) is 32.8 Å². The van der Waals surface area contributed by atoms with Crippen molar-refractivity contribution < 1.29 is 28.9 Å². The number of hydrogen-bond donors (Lipinski definition) is 2. The molecule has 5 aliphatic heterocycles. The third-order valence-electron chi connectivity index (χ3n) is 14.3. The van der Waals surface area contributed by atoms with E-state index < -0.39 is 23.3 Å². The number of allylic oxidation sites excluding steroid dienone is 2. The number of nitrogens with zero attached hydrogens (tertiary/aromatic N) is 2. The minimum atomic E-state index is -1.61. The maximum absolute atomic E-state index is 16.8. The number of phenolic OH excluding ortho intramolecular Hbond substituents is 1. The fraction of sp³-hybridized carbons (Fsp3) is 0.426. The summed E-state index contributed by atoms with van der Waals surface area (Å²) in [4.78, 5) is 20.2. The van der Waals surface area contributed by atoms with Gasteiger partial charge in [-0.15, -0.1) is 0 Å². The molecule has 0 radical (unpaired) electrons. The molecule has 2 N–H and O–H groups in total. The van der Waals surface area contributed by atoms with E-state index in [0.717, 1.165) is 30.5 Å². The third-order valence-corrected chi connectivity index (χ3v) is 14.3. The van der Waals surface area contributed by atoms with Gasteiger partial charge in [-0.3, -0.25) is 9.69 Å². The zero-order chi connectivity index (χ0) is 37.5.